The molecule has 9 heteroatoms. The minimum atomic E-state index is -5.13. The molecule has 0 aliphatic heterocycles. The van der Waals surface area contributed by atoms with Gasteiger partial charge in [0.2, 0.25) is 5.88 Å². The van der Waals surface area contributed by atoms with Gasteiger partial charge >= 0.3 is 65.0 Å². The first-order valence-corrected chi connectivity index (χ1v) is 4.91. The summed E-state index contributed by atoms with van der Waals surface area (Å²) in [5, 5.41) is 0.263. The molecule has 1 aromatic carbocycles. The van der Waals surface area contributed by atoms with Gasteiger partial charge < -0.3 is 17.7 Å². The maximum atomic E-state index is 12.5. The van der Waals surface area contributed by atoms with Crippen molar-refractivity contribution in [2.75, 3.05) is 0 Å². The molecule has 0 saturated heterocycles. The number of halogens is 5. The summed E-state index contributed by atoms with van der Waals surface area (Å²) in [5.41, 5.74) is -0.795. The van der Waals surface area contributed by atoms with Crippen molar-refractivity contribution in [2.24, 2.45) is 0 Å². The number of hydrogen-bond acceptors (Lipinski definition) is 2. The molecule has 0 radical (unpaired) electrons. The quantitative estimate of drug-likeness (QED) is 0.583. The molecule has 2 rings (SSSR count). The summed E-state index contributed by atoms with van der Waals surface area (Å²) in [6, 6.07) is 4.08. The zero-order valence-electron chi connectivity index (χ0n) is 9.79. The van der Waals surface area contributed by atoms with E-state index in [2.05, 4.69) is 9.72 Å². The fraction of sp³-hybridized carbons (Fsp3) is 0.100. The molecule has 1 heterocycles. The van der Waals surface area contributed by atoms with Gasteiger partial charge in [0, 0.05) is 11.6 Å². The largest absolute Gasteiger partial charge is 1.00 e. The topological polar surface area (TPSA) is 22.1 Å². The zero-order valence-corrected chi connectivity index (χ0v) is 12.9. The van der Waals surface area contributed by atoms with Gasteiger partial charge in [-0.25, -0.2) is 4.98 Å². The number of alkyl halides is 2. The number of ether oxygens (including phenoxy) is 1. The molecule has 19 heavy (non-hydrogen) atoms. The first-order valence-electron chi connectivity index (χ1n) is 4.91. The molecule has 0 saturated carbocycles. The Kier molecular flexibility index (Phi) is 5.75. The number of pyridine rings is 1. The number of aromatic nitrogens is 1. The molecule has 1 aromatic heterocycles. The third kappa shape index (κ3) is 4.12. The van der Waals surface area contributed by atoms with Gasteiger partial charge in [-0.2, -0.15) is 8.78 Å². The summed E-state index contributed by atoms with van der Waals surface area (Å²) < 4.78 is 65.9. The fourth-order valence-corrected chi connectivity index (χ4v) is 1.55. The number of fused-ring (bicyclic) bond motifs is 1. The Hall–Kier alpha value is -0.219. The van der Waals surface area contributed by atoms with E-state index in [0.717, 1.165) is 24.4 Å². The molecule has 0 spiro atoms. The maximum Gasteiger partial charge on any atom is 1.00 e. The van der Waals surface area contributed by atoms with Crippen LogP contribution in [0, 0.1) is 0 Å². The van der Waals surface area contributed by atoms with E-state index in [4.69, 9.17) is 0 Å². The molecule has 0 N–H and O–H groups in total. The van der Waals surface area contributed by atoms with E-state index in [9.17, 15) is 21.7 Å². The van der Waals surface area contributed by atoms with Crippen molar-refractivity contribution in [3.8, 4) is 5.88 Å². The molecule has 0 aliphatic carbocycles. The van der Waals surface area contributed by atoms with Crippen LogP contribution in [0.5, 0.6) is 5.88 Å². The maximum absolute atomic E-state index is 12.5. The minimum absolute atomic E-state index is 0. The van der Waals surface area contributed by atoms with E-state index in [1.807, 2.05) is 0 Å². The fourth-order valence-electron chi connectivity index (χ4n) is 1.55. The Labute approximate surface area is 147 Å². The number of rotatable bonds is 3. The van der Waals surface area contributed by atoms with Crippen molar-refractivity contribution in [2.45, 2.75) is 6.61 Å². The average Bonchev–Trinajstić information content (AvgIpc) is 2.27. The molecule has 0 atom stereocenters. The van der Waals surface area contributed by atoms with Gasteiger partial charge in [-0.05, 0) is 11.5 Å². The predicted octanol–water partition coefficient (Wildman–Crippen LogP) is -0.105. The van der Waals surface area contributed by atoms with E-state index in [1.165, 1.54) is 6.07 Å². The number of benzene rings is 1. The van der Waals surface area contributed by atoms with Gasteiger partial charge in [-0.15, -0.1) is 5.46 Å². The minimum Gasteiger partial charge on any atom is -0.445 e. The summed E-state index contributed by atoms with van der Waals surface area (Å²) in [6.07, 6.45) is 1.12. The molecule has 0 fully saturated rings. The Bertz CT molecular complexity index is 577. The van der Waals surface area contributed by atoms with Gasteiger partial charge in [-0.1, -0.05) is 18.2 Å². The third-order valence-electron chi connectivity index (χ3n) is 2.33. The van der Waals surface area contributed by atoms with Crippen molar-refractivity contribution >= 4 is 23.2 Å². The van der Waals surface area contributed by atoms with Crippen molar-refractivity contribution in [3.05, 3.63) is 30.5 Å². The van der Waals surface area contributed by atoms with Crippen LogP contribution in [0.4, 0.5) is 21.7 Å². The summed E-state index contributed by atoms with van der Waals surface area (Å²) in [5.74, 6) is -0.385. The predicted molar refractivity (Wildman–Crippen MR) is 57.1 cm³/mol. The van der Waals surface area contributed by atoms with Crippen molar-refractivity contribution in [1.29, 1.82) is 0 Å². The molecular weight excluding hydrogens is 295 g/mol. The molecule has 0 unspecified atom stereocenters. The number of nitrogens with zero attached hydrogens (tertiary/aromatic N) is 1. The monoisotopic (exact) mass is 301 g/mol. The molecule has 0 amide bonds. The van der Waals surface area contributed by atoms with E-state index >= 15 is 0 Å². The Morgan fingerprint density at radius 3 is 2.37 bits per heavy atom. The summed E-state index contributed by atoms with van der Waals surface area (Å²) in [4.78, 5) is 3.56. The van der Waals surface area contributed by atoms with Crippen LogP contribution in [0.25, 0.3) is 10.8 Å². The second-order valence-electron chi connectivity index (χ2n) is 3.55. The van der Waals surface area contributed by atoms with Gasteiger partial charge in [0.1, 0.15) is 0 Å². The van der Waals surface area contributed by atoms with E-state index in [-0.39, 0.29) is 68.0 Å². The molecule has 2 nitrogen and oxygen atoms in total. The Balaban J connectivity index is 0.00000180. The van der Waals surface area contributed by atoms with Crippen LogP contribution < -0.4 is 61.6 Å². The summed E-state index contributed by atoms with van der Waals surface area (Å²) in [7, 11) is 0. The molecule has 0 bridgehead atoms. The first-order chi connectivity index (χ1) is 8.38. The van der Waals surface area contributed by atoms with Crippen LogP contribution in [0.3, 0.4) is 0 Å². The SMILES string of the molecule is FC(F)Oc1nccc2cc([B-](F)(F)F)ccc12.[K+]. The molecular formula is C10H6BF5KNO. The summed E-state index contributed by atoms with van der Waals surface area (Å²) in [6.45, 7) is -8.20. The van der Waals surface area contributed by atoms with E-state index in [1.54, 1.807) is 0 Å². The van der Waals surface area contributed by atoms with E-state index in [0.29, 0.717) is 0 Å². The zero-order chi connectivity index (χ0) is 13.3. The van der Waals surface area contributed by atoms with Crippen LogP contribution in [0.2, 0.25) is 0 Å². The van der Waals surface area contributed by atoms with E-state index < -0.39 is 19.1 Å². The van der Waals surface area contributed by atoms with Crippen LogP contribution >= 0.6 is 0 Å². The van der Waals surface area contributed by atoms with Crippen molar-refractivity contribution in [1.82, 2.24) is 4.98 Å². The normalized spacial score (nSPS) is 11.5. The second-order valence-corrected chi connectivity index (χ2v) is 3.55. The van der Waals surface area contributed by atoms with Crippen LogP contribution in [0.1, 0.15) is 0 Å². The van der Waals surface area contributed by atoms with Gasteiger partial charge in [0.15, 0.2) is 0 Å². The van der Waals surface area contributed by atoms with Crippen molar-refractivity contribution < 1.29 is 77.8 Å². The second kappa shape index (κ2) is 6.49. The first kappa shape index (κ1) is 16.8. The Morgan fingerprint density at radius 2 is 1.79 bits per heavy atom. The van der Waals surface area contributed by atoms with Gasteiger partial charge in [0.25, 0.3) is 0 Å². The van der Waals surface area contributed by atoms with Crippen LogP contribution in [-0.2, 0) is 0 Å². The molecule has 96 valence electrons. The van der Waals surface area contributed by atoms with Gasteiger partial charge in [0.05, 0.1) is 0 Å². The number of hydrogen-bond donors (Lipinski definition) is 0. The standard InChI is InChI=1S/C10H6BF5NO.K/c12-10(13)18-9-8-2-1-7(11(14,15)16)5-6(8)3-4-17-9;/h1-5,10H;/q-1;+1. The molecule has 2 aromatic rings. The van der Waals surface area contributed by atoms with Crippen LogP contribution in [-0.4, -0.2) is 18.6 Å². The van der Waals surface area contributed by atoms with Crippen LogP contribution in [0.15, 0.2) is 30.5 Å². The smallest absolute Gasteiger partial charge is 0.445 e. The average molecular weight is 301 g/mol. The van der Waals surface area contributed by atoms with Gasteiger partial charge in [-0.3, -0.25) is 0 Å². The Morgan fingerprint density at radius 1 is 1.11 bits per heavy atom. The summed E-state index contributed by atoms with van der Waals surface area (Å²) >= 11 is 0. The molecule has 0 aliphatic rings. The van der Waals surface area contributed by atoms with Crippen molar-refractivity contribution in [3.63, 3.8) is 0 Å². The third-order valence-corrected chi connectivity index (χ3v) is 2.33.